The summed E-state index contributed by atoms with van der Waals surface area (Å²) in [5, 5.41) is 19.2. The van der Waals surface area contributed by atoms with Crippen molar-refractivity contribution in [1.82, 2.24) is 0 Å². The van der Waals surface area contributed by atoms with Crippen molar-refractivity contribution in [2.75, 3.05) is 0 Å². The summed E-state index contributed by atoms with van der Waals surface area (Å²) >= 11 is 0. The number of benzene rings is 1. The van der Waals surface area contributed by atoms with Gasteiger partial charge in [-0.05, 0) is 6.07 Å². The number of hydrogen-bond acceptors (Lipinski definition) is 5. The largest absolute Gasteiger partial charge is 0.478 e. The van der Waals surface area contributed by atoms with Crippen LogP contribution >= 0.6 is 0 Å². The number of carbonyl (C=O) groups excluding carboxylic acids is 1. The molecular weight excluding hydrogens is 204 g/mol. The maximum Gasteiger partial charge on any atom is 0.338 e. The minimum atomic E-state index is -1.40. The van der Waals surface area contributed by atoms with E-state index in [0.717, 1.165) is 18.2 Å². The quantitative estimate of drug-likeness (QED) is 0.348. The van der Waals surface area contributed by atoms with Gasteiger partial charge in [-0.2, -0.15) is 4.99 Å². The van der Waals surface area contributed by atoms with Gasteiger partial charge in [-0.3, -0.25) is 10.1 Å². The molecule has 0 bridgehead atoms. The van der Waals surface area contributed by atoms with Gasteiger partial charge in [0.2, 0.25) is 6.08 Å². The lowest BCUT2D eigenvalue weighted by Gasteiger charge is -1.99. The van der Waals surface area contributed by atoms with E-state index in [-0.39, 0.29) is 0 Å². The number of isocyanates is 1. The van der Waals surface area contributed by atoms with Gasteiger partial charge in [0.1, 0.15) is 0 Å². The number of rotatable bonds is 3. The predicted molar refractivity (Wildman–Crippen MR) is 47.8 cm³/mol. The molecule has 1 N–H and O–H groups in total. The van der Waals surface area contributed by atoms with Crippen LogP contribution in [0.2, 0.25) is 0 Å². The molecule has 0 aliphatic heterocycles. The van der Waals surface area contributed by atoms with E-state index in [1.54, 1.807) is 0 Å². The fraction of sp³-hybridized carbons (Fsp3) is 0. The van der Waals surface area contributed by atoms with Crippen LogP contribution in [0.15, 0.2) is 23.2 Å². The average Bonchev–Trinajstić information content (AvgIpc) is 2.17. The Hall–Kier alpha value is -2.53. The molecule has 0 atom stereocenters. The smallest absolute Gasteiger partial charge is 0.338 e. The molecule has 0 heterocycles. The highest BCUT2D eigenvalue weighted by atomic mass is 16.6. The molecule has 0 amide bonds. The molecule has 7 nitrogen and oxygen atoms in total. The second-order valence-corrected chi connectivity index (χ2v) is 2.44. The van der Waals surface area contributed by atoms with Gasteiger partial charge >= 0.3 is 5.97 Å². The molecule has 0 fully saturated rings. The molecule has 0 saturated heterocycles. The van der Waals surface area contributed by atoms with Crippen molar-refractivity contribution >= 4 is 23.4 Å². The normalized spacial score (nSPS) is 9.07. The minimum Gasteiger partial charge on any atom is -0.478 e. The standard InChI is InChI=1S/C8H4N2O5/c11-4-9-7-5(8(12)13)2-1-3-6(7)10(14)15/h1-3H,(H,12,13). The zero-order chi connectivity index (χ0) is 11.4. The Morgan fingerprint density at radius 1 is 1.53 bits per heavy atom. The van der Waals surface area contributed by atoms with Gasteiger partial charge in [-0.15, -0.1) is 0 Å². The molecule has 0 unspecified atom stereocenters. The van der Waals surface area contributed by atoms with Crippen molar-refractivity contribution in [3.05, 3.63) is 33.9 Å². The van der Waals surface area contributed by atoms with Crippen molar-refractivity contribution in [2.45, 2.75) is 0 Å². The Morgan fingerprint density at radius 2 is 2.20 bits per heavy atom. The Morgan fingerprint density at radius 3 is 2.67 bits per heavy atom. The van der Waals surface area contributed by atoms with Crippen LogP contribution in [-0.4, -0.2) is 22.1 Å². The van der Waals surface area contributed by atoms with Crippen molar-refractivity contribution in [1.29, 1.82) is 0 Å². The average molecular weight is 208 g/mol. The Balaban J connectivity index is 3.55. The van der Waals surface area contributed by atoms with E-state index in [0.29, 0.717) is 0 Å². The summed E-state index contributed by atoms with van der Waals surface area (Å²) in [4.78, 5) is 33.4. The SMILES string of the molecule is O=C=Nc1c(C(=O)O)cccc1[N+](=O)[O-]. The number of nitro benzene ring substituents is 1. The molecule has 0 radical (unpaired) electrons. The second-order valence-electron chi connectivity index (χ2n) is 2.44. The number of carbonyl (C=O) groups is 1. The van der Waals surface area contributed by atoms with Crippen LogP contribution in [-0.2, 0) is 4.79 Å². The Kier molecular flexibility index (Phi) is 2.90. The molecule has 1 rings (SSSR count). The van der Waals surface area contributed by atoms with E-state index in [4.69, 9.17) is 5.11 Å². The predicted octanol–water partition coefficient (Wildman–Crippen LogP) is 1.26. The van der Waals surface area contributed by atoms with E-state index < -0.39 is 27.8 Å². The molecule has 1 aromatic carbocycles. The molecule has 76 valence electrons. The van der Waals surface area contributed by atoms with Crippen LogP contribution in [0.1, 0.15) is 10.4 Å². The highest BCUT2D eigenvalue weighted by Gasteiger charge is 2.20. The van der Waals surface area contributed by atoms with Crippen LogP contribution in [0.4, 0.5) is 11.4 Å². The van der Waals surface area contributed by atoms with Crippen molar-refractivity contribution in [3.63, 3.8) is 0 Å². The fourth-order valence-electron chi connectivity index (χ4n) is 1.01. The van der Waals surface area contributed by atoms with Crippen molar-refractivity contribution < 1.29 is 19.6 Å². The van der Waals surface area contributed by atoms with Crippen LogP contribution in [0.25, 0.3) is 0 Å². The summed E-state index contributed by atoms with van der Waals surface area (Å²) in [6, 6.07) is 3.37. The van der Waals surface area contributed by atoms with Crippen LogP contribution in [0.5, 0.6) is 0 Å². The van der Waals surface area contributed by atoms with Gasteiger partial charge in [0.25, 0.3) is 5.69 Å². The zero-order valence-electron chi connectivity index (χ0n) is 7.21. The third-order valence-corrected chi connectivity index (χ3v) is 1.60. The zero-order valence-corrected chi connectivity index (χ0v) is 7.21. The molecular formula is C8H4N2O5. The molecule has 0 spiro atoms. The Bertz CT molecular complexity index is 444. The second kappa shape index (κ2) is 4.12. The molecule has 0 aromatic heterocycles. The summed E-state index contributed by atoms with van der Waals surface area (Å²) in [5.74, 6) is -1.40. The van der Waals surface area contributed by atoms with Gasteiger partial charge in [0, 0.05) is 6.07 Å². The molecule has 1 aromatic rings. The topological polar surface area (TPSA) is 110 Å². The molecule has 7 heteroatoms. The molecule has 0 aliphatic carbocycles. The summed E-state index contributed by atoms with van der Waals surface area (Å²) in [5.41, 5.74) is -1.45. The van der Waals surface area contributed by atoms with E-state index >= 15 is 0 Å². The highest BCUT2D eigenvalue weighted by Crippen LogP contribution is 2.30. The van der Waals surface area contributed by atoms with E-state index in [9.17, 15) is 19.7 Å². The van der Waals surface area contributed by atoms with E-state index in [1.165, 1.54) is 6.07 Å². The van der Waals surface area contributed by atoms with Crippen molar-refractivity contribution in [3.8, 4) is 0 Å². The minimum absolute atomic E-state index is 0.410. The first-order valence-electron chi connectivity index (χ1n) is 3.66. The van der Waals surface area contributed by atoms with E-state index in [2.05, 4.69) is 4.99 Å². The lowest BCUT2D eigenvalue weighted by Crippen LogP contribution is -1.99. The van der Waals surface area contributed by atoms with Crippen LogP contribution < -0.4 is 0 Å². The number of carboxylic acid groups (broad SMARTS) is 1. The monoisotopic (exact) mass is 208 g/mol. The number of aliphatic imine (C=N–C) groups is 1. The van der Waals surface area contributed by atoms with Crippen LogP contribution in [0.3, 0.4) is 0 Å². The van der Waals surface area contributed by atoms with Gasteiger partial charge in [0.15, 0.2) is 5.69 Å². The lowest BCUT2D eigenvalue weighted by molar-refractivity contribution is -0.384. The number of para-hydroxylation sites is 1. The highest BCUT2D eigenvalue weighted by molar-refractivity contribution is 5.96. The van der Waals surface area contributed by atoms with Crippen molar-refractivity contribution in [2.24, 2.45) is 4.99 Å². The fourth-order valence-corrected chi connectivity index (χ4v) is 1.01. The summed E-state index contributed by atoms with van der Waals surface area (Å²) in [6.45, 7) is 0. The number of nitro groups is 1. The summed E-state index contributed by atoms with van der Waals surface area (Å²) in [6.07, 6.45) is 1.08. The van der Waals surface area contributed by atoms with Crippen LogP contribution in [0, 0.1) is 10.1 Å². The summed E-state index contributed by atoms with van der Waals surface area (Å²) in [7, 11) is 0. The number of aromatic carboxylic acids is 1. The Labute approximate surface area is 82.8 Å². The first kappa shape index (κ1) is 10.6. The maximum atomic E-state index is 10.7. The first-order valence-corrected chi connectivity index (χ1v) is 3.66. The van der Waals surface area contributed by atoms with E-state index in [1.807, 2.05) is 0 Å². The molecule has 0 saturated carbocycles. The maximum absolute atomic E-state index is 10.7. The third-order valence-electron chi connectivity index (χ3n) is 1.60. The summed E-state index contributed by atoms with van der Waals surface area (Å²) < 4.78 is 0. The lowest BCUT2D eigenvalue weighted by atomic mass is 10.1. The number of hydrogen-bond donors (Lipinski definition) is 1. The van der Waals surface area contributed by atoms with Gasteiger partial charge < -0.3 is 5.11 Å². The van der Waals surface area contributed by atoms with Gasteiger partial charge in [0.05, 0.1) is 10.5 Å². The third kappa shape index (κ3) is 2.04. The molecule has 15 heavy (non-hydrogen) atoms. The number of nitrogens with zero attached hydrogens (tertiary/aromatic N) is 2. The number of carboxylic acids is 1. The van der Waals surface area contributed by atoms with Gasteiger partial charge in [-0.1, -0.05) is 6.07 Å². The molecule has 0 aliphatic rings. The van der Waals surface area contributed by atoms with Gasteiger partial charge in [-0.25, -0.2) is 9.59 Å². The first-order chi connectivity index (χ1) is 7.07.